The molecule has 5 heteroatoms. The van der Waals surface area contributed by atoms with Crippen LogP contribution in [0.15, 0.2) is 30.3 Å². The number of carbonyl (C=O) groups excluding carboxylic acids is 1. The number of aryl methyl sites for hydroxylation is 1. The maximum atomic E-state index is 12.0. The molecule has 0 spiro atoms. The molecule has 0 aliphatic heterocycles. The second-order valence-corrected chi connectivity index (χ2v) is 5.58. The number of anilines is 2. The maximum absolute atomic E-state index is 12.0. The molecule has 1 amide bonds. The first kappa shape index (κ1) is 13.5. The molecule has 0 bridgehead atoms. The smallest absolute Gasteiger partial charge is 0.225 e. The summed E-state index contributed by atoms with van der Waals surface area (Å²) in [5.74, 6) is 0.128. The van der Waals surface area contributed by atoms with Crippen molar-refractivity contribution in [2.24, 2.45) is 0 Å². The Morgan fingerprint density at radius 3 is 2.68 bits per heavy atom. The van der Waals surface area contributed by atoms with Gasteiger partial charge in [0.15, 0.2) is 5.13 Å². The molecule has 100 valence electrons. The van der Waals surface area contributed by atoms with Gasteiger partial charge in [0.1, 0.15) is 0 Å². The average Bonchev–Trinajstić information content (AvgIpc) is 2.69. The van der Waals surface area contributed by atoms with Crippen molar-refractivity contribution in [2.45, 2.75) is 26.2 Å². The lowest BCUT2D eigenvalue weighted by Crippen LogP contribution is -2.14. The molecule has 1 aromatic heterocycles. The summed E-state index contributed by atoms with van der Waals surface area (Å²) in [6.45, 7) is 3.94. The monoisotopic (exact) mass is 275 g/mol. The van der Waals surface area contributed by atoms with Gasteiger partial charge in [-0.05, 0) is 19.1 Å². The number of thiazole rings is 1. The van der Waals surface area contributed by atoms with Crippen LogP contribution in [0, 0.1) is 6.92 Å². The molecule has 0 radical (unpaired) electrons. The molecule has 4 nitrogen and oxygen atoms in total. The summed E-state index contributed by atoms with van der Waals surface area (Å²) in [6.07, 6.45) is 0.428. The van der Waals surface area contributed by atoms with Crippen LogP contribution in [0.1, 0.15) is 29.8 Å². The number of nitrogen functional groups attached to an aromatic ring is 1. The van der Waals surface area contributed by atoms with Gasteiger partial charge in [-0.3, -0.25) is 4.79 Å². The van der Waals surface area contributed by atoms with Crippen LogP contribution >= 0.6 is 11.3 Å². The highest BCUT2D eigenvalue weighted by atomic mass is 32.1. The van der Waals surface area contributed by atoms with E-state index in [-0.39, 0.29) is 11.8 Å². The molecule has 0 aliphatic rings. The fraction of sp³-hybridized carbons (Fsp3) is 0.286. The summed E-state index contributed by atoms with van der Waals surface area (Å²) >= 11 is 1.46. The number of benzene rings is 1. The minimum atomic E-state index is 0.00470. The zero-order valence-corrected chi connectivity index (χ0v) is 11.8. The van der Waals surface area contributed by atoms with Crippen molar-refractivity contribution in [2.75, 3.05) is 11.1 Å². The molecular weight excluding hydrogens is 258 g/mol. The Morgan fingerprint density at radius 1 is 1.42 bits per heavy atom. The van der Waals surface area contributed by atoms with Crippen molar-refractivity contribution >= 4 is 28.1 Å². The quantitative estimate of drug-likeness (QED) is 0.900. The highest BCUT2D eigenvalue weighted by molar-refractivity contribution is 7.15. The largest absolute Gasteiger partial charge is 0.375 e. The van der Waals surface area contributed by atoms with E-state index < -0.39 is 0 Å². The number of para-hydroxylation sites is 1. The SMILES string of the molecule is Cc1nc(N)sc1C(C)CC(=O)Nc1ccccc1. The first-order chi connectivity index (χ1) is 9.06. The Morgan fingerprint density at radius 2 is 2.11 bits per heavy atom. The summed E-state index contributed by atoms with van der Waals surface area (Å²) in [6, 6.07) is 9.46. The molecule has 1 unspecified atom stereocenters. The highest BCUT2D eigenvalue weighted by Gasteiger charge is 2.16. The number of carbonyl (C=O) groups is 1. The summed E-state index contributed by atoms with van der Waals surface area (Å²) in [4.78, 5) is 17.2. The van der Waals surface area contributed by atoms with Crippen molar-refractivity contribution < 1.29 is 4.79 Å². The van der Waals surface area contributed by atoms with Crippen molar-refractivity contribution in [3.05, 3.63) is 40.9 Å². The van der Waals surface area contributed by atoms with Crippen LogP contribution in [0.4, 0.5) is 10.8 Å². The van der Waals surface area contributed by atoms with Gasteiger partial charge < -0.3 is 11.1 Å². The van der Waals surface area contributed by atoms with E-state index in [4.69, 9.17) is 5.73 Å². The predicted octanol–water partition coefficient (Wildman–Crippen LogP) is 3.17. The minimum absolute atomic E-state index is 0.00470. The van der Waals surface area contributed by atoms with Crippen molar-refractivity contribution in [3.8, 4) is 0 Å². The Bertz CT molecular complexity index is 565. The summed E-state index contributed by atoms with van der Waals surface area (Å²) < 4.78 is 0. The van der Waals surface area contributed by atoms with Crippen molar-refractivity contribution in [3.63, 3.8) is 0 Å². The normalized spacial score (nSPS) is 12.1. The molecule has 1 aromatic carbocycles. The Labute approximate surface area is 116 Å². The van der Waals surface area contributed by atoms with E-state index in [1.54, 1.807) is 0 Å². The van der Waals surface area contributed by atoms with Crippen LogP contribution < -0.4 is 11.1 Å². The summed E-state index contributed by atoms with van der Waals surface area (Å²) in [5, 5.41) is 3.44. The lowest BCUT2D eigenvalue weighted by atomic mass is 10.0. The van der Waals surface area contributed by atoms with E-state index in [1.807, 2.05) is 44.2 Å². The van der Waals surface area contributed by atoms with Crippen LogP contribution in [0.2, 0.25) is 0 Å². The predicted molar refractivity (Wildman–Crippen MR) is 79.4 cm³/mol. The standard InChI is InChI=1S/C14H17N3OS/c1-9(13-10(2)16-14(15)19-13)8-12(18)17-11-6-4-3-5-7-11/h3-7,9H,8H2,1-2H3,(H2,15,16)(H,17,18). The molecular formula is C14H17N3OS. The molecule has 1 atom stereocenters. The number of amides is 1. The van der Waals surface area contributed by atoms with Gasteiger partial charge in [-0.15, -0.1) is 11.3 Å². The summed E-state index contributed by atoms with van der Waals surface area (Å²) in [7, 11) is 0. The van der Waals surface area contributed by atoms with Gasteiger partial charge in [-0.25, -0.2) is 4.98 Å². The lowest BCUT2D eigenvalue weighted by Gasteiger charge is -2.10. The first-order valence-electron chi connectivity index (χ1n) is 6.14. The number of nitrogens with two attached hydrogens (primary N) is 1. The first-order valence-corrected chi connectivity index (χ1v) is 6.95. The summed E-state index contributed by atoms with van der Waals surface area (Å²) in [5.41, 5.74) is 7.42. The van der Waals surface area contributed by atoms with E-state index in [0.29, 0.717) is 11.6 Å². The van der Waals surface area contributed by atoms with Crippen molar-refractivity contribution in [1.29, 1.82) is 0 Å². The zero-order valence-electron chi connectivity index (χ0n) is 11.0. The molecule has 2 aromatic rings. The van der Waals surface area contributed by atoms with Crippen LogP contribution in [0.3, 0.4) is 0 Å². The third-order valence-corrected chi connectivity index (χ3v) is 4.06. The lowest BCUT2D eigenvalue weighted by molar-refractivity contribution is -0.116. The Kier molecular flexibility index (Phi) is 4.16. The van der Waals surface area contributed by atoms with Crippen LogP contribution in [0.25, 0.3) is 0 Å². The second kappa shape index (κ2) is 5.84. The van der Waals surface area contributed by atoms with Gasteiger partial charge >= 0.3 is 0 Å². The number of nitrogens with one attached hydrogen (secondary N) is 1. The average molecular weight is 275 g/mol. The van der Waals surface area contributed by atoms with Crippen LogP contribution in [0.5, 0.6) is 0 Å². The fourth-order valence-corrected chi connectivity index (χ4v) is 2.88. The molecule has 3 N–H and O–H groups in total. The number of rotatable bonds is 4. The third kappa shape index (κ3) is 3.54. The topological polar surface area (TPSA) is 68.0 Å². The molecule has 0 aliphatic carbocycles. The second-order valence-electron chi connectivity index (χ2n) is 4.52. The van der Waals surface area contributed by atoms with E-state index in [2.05, 4.69) is 10.3 Å². The van der Waals surface area contributed by atoms with E-state index in [0.717, 1.165) is 16.3 Å². The molecule has 2 rings (SSSR count). The zero-order chi connectivity index (χ0) is 13.8. The molecule has 1 heterocycles. The number of nitrogens with zero attached hydrogens (tertiary/aromatic N) is 1. The Hall–Kier alpha value is -1.88. The number of hydrogen-bond donors (Lipinski definition) is 2. The molecule has 0 saturated carbocycles. The fourth-order valence-electron chi connectivity index (χ4n) is 1.99. The van der Waals surface area contributed by atoms with Gasteiger partial charge in [-0.2, -0.15) is 0 Å². The van der Waals surface area contributed by atoms with E-state index in [9.17, 15) is 4.79 Å². The highest BCUT2D eigenvalue weighted by Crippen LogP contribution is 2.30. The molecule has 0 fully saturated rings. The third-order valence-electron chi connectivity index (χ3n) is 2.85. The van der Waals surface area contributed by atoms with Gasteiger partial charge in [0, 0.05) is 22.9 Å². The van der Waals surface area contributed by atoms with E-state index in [1.165, 1.54) is 11.3 Å². The van der Waals surface area contributed by atoms with Crippen LogP contribution in [-0.4, -0.2) is 10.9 Å². The maximum Gasteiger partial charge on any atom is 0.225 e. The van der Waals surface area contributed by atoms with Gasteiger partial charge in [0.2, 0.25) is 5.91 Å². The number of hydrogen-bond acceptors (Lipinski definition) is 4. The molecule has 0 saturated heterocycles. The minimum Gasteiger partial charge on any atom is -0.375 e. The molecule has 19 heavy (non-hydrogen) atoms. The van der Waals surface area contributed by atoms with Crippen LogP contribution in [-0.2, 0) is 4.79 Å². The van der Waals surface area contributed by atoms with Crippen molar-refractivity contribution in [1.82, 2.24) is 4.98 Å². The van der Waals surface area contributed by atoms with Gasteiger partial charge in [-0.1, -0.05) is 25.1 Å². The van der Waals surface area contributed by atoms with Gasteiger partial charge in [0.25, 0.3) is 0 Å². The van der Waals surface area contributed by atoms with E-state index >= 15 is 0 Å². The Balaban J connectivity index is 1.97. The van der Waals surface area contributed by atoms with Gasteiger partial charge in [0.05, 0.1) is 5.69 Å². The number of aromatic nitrogens is 1.